The summed E-state index contributed by atoms with van der Waals surface area (Å²) in [6, 6.07) is 0.588. The third-order valence-electron chi connectivity index (χ3n) is 4.45. The van der Waals surface area contributed by atoms with E-state index in [4.69, 9.17) is 5.73 Å². The molecule has 0 aromatic carbocycles. The molecule has 0 radical (unpaired) electrons. The Balaban J connectivity index is 2.61. The third kappa shape index (κ3) is 2.73. The van der Waals surface area contributed by atoms with Gasteiger partial charge < -0.3 is 5.73 Å². The molecule has 1 fully saturated rings. The van der Waals surface area contributed by atoms with Crippen LogP contribution in [0.5, 0.6) is 0 Å². The summed E-state index contributed by atoms with van der Waals surface area (Å²) in [6.45, 7) is 12.6. The number of nitrogens with zero attached hydrogens (tertiary/aromatic N) is 1. The molecule has 1 saturated heterocycles. The molecular weight excluding hydrogens is 184 g/mol. The molecule has 2 nitrogen and oxygen atoms in total. The smallest absolute Gasteiger partial charge is 0.0241 e. The first-order chi connectivity index (χ1) is 7.08. The lowest BCUT2D eigenvalue weighted by molar-refractivity contribution is 0.164. The van der Waals surface area contributed by atoms with Crippen molar-refractivity contribution in [1.82, 2.24) is 4.90 Å². The summed E-state index contributed by atoms with van der Waals surface area (Å²) in [7, 11) is 0. The van der Waals surface area contributed by atoms with Crippen LogP contribution in [0, 0.1) is 11.3 Å². The van der Waals surface area contributed by atoms with Crippen molar-refractivity contribution in [2.24, 2.45) is 17.1 Å². The summed E-state index contributed by atoms with van der Waals surface area (Å²) in [4.78, 5) is 2.62. The van der Waals surface area contributed by atoms with Crippen LogP contribution in [0.25, 0.3) is 0 Å². The van der Waals surface area contributed by atoms with Crippen LogP contribution in [0.4, 0.5) is 0 Å². The summed E-state index contributed by atoms with van der Waals surface area (Å²) in [5.74, 6) is 0.680. The third-order valence-corrected chi connectivity index (χ3v) is 4.45. The number of nitrogens with two attached hydrogens (primary N) is 1. The molecule has 1 heterocycles. The highest BCUT2D eigenvalue weighted by molar-refractivity contribution is 4.91. The molecule has 0 aromatic heterocycles. The van der Waals surface area contributed by atoms with E-state index in [1.807, 2.05) is 0 Å². The molecule has 15 heavy (non-hydrogen) atoms. The van der Waals surface area contributed by atoms with Crippen LogP contribution in [0.1, 0.15) is 47.0 Å². The van der Waals surface area contributed by atoms with E-state index in [-0.39, 0.29) is 0 Å². The molecule has 0 spiro atoms. The van der Waals surface area contributed by atoms with E-state index >= 15 is 0 Å². The maximum absolute atomic E-state index is 5.88. The molecule has 90 valence electrons. The molecule has 1 aliphatic heterocycles. The molecule has 0 aliphatic carbocycles. The molecule has 2 N–H and O–H groups in total. The molecule has 0 aromatic rings. The van der Waals surface area contributed by atoms with Gasteiger partial charge in [0, 0.05) is 19.1 Å². The van der Waals surface area contributed by atoms with Gasteiger partial charge >= 0.3 is 0 Å². The highest BCUT2D eigenvalue weighted by Gasteiger charge is 2.37. The molecule has 0 amide bonds. The minimum Gasteiger partial charge on any atom is -0.329 e. The molecule has 1 aliphatic rings. The van der Waals surface area contributed by atoms with Crippen molar-refractivity contribution < 1.29 is 0 Å². The van der Waals surface area contributed by atoms with E-state index in [9.17, 15) is 0 Å². The van der Waals surface area contributed by atoms with Gasteiger partial charge in [-0.15, -0.1) is 0 Å². The molecule has 0 saturated carbocycles. The average Bonchev–Trinajstić information content (AvgIpc) is 2.64. The zero-order valence-corrected chi connectivity index (χ0v) is 10.9. The first kappa shape index (κ1) is 13.0. The Labute approximate surface area is 95.2 Å². The second-order valence-corrected chi connectivity index (χ2v) is 5.47. The maximum atomic E-state index is 5.88. The van der Waals surface area contributed by atoms with Gasteiger partial charge in [-0.3, -0.25) is 4.90 Å². The standard InChI is InChI=1S/C13H28N2/c1-5-13(6-2)7-8-15(10-13)12(9-14)11(3)4/h11-12H,5-10,14H2,1-4H3. The number of likely N-dealkylation sites (tertiary alicyclic amines) is 1. The van der Waals surface area contributed by atoms with E-state index in [2.05, 4.69) is 32.6 Å². The molecule has 2 heteroatoms. The van der Waals surface area contributed by atoms with Gasteiger partial charge in [0.05, 0.1) is 0 Å². The zero-order chi connectivity index (χ0) is 11.5. The highest BCUT2D eigenvalue weighted by Crippen LogP contribution is 2.38. The quantitative estimate of drug-likeness (QED) is 0.758. The first-order valence-corrected chi connectivity index (χ1v) is 6.52. The lowest BCUT2D eigenvalue weighted by Gasteiger charge is -2.32. The fourth-order valence-electron chi connectivity index (χ4n) is 2.92. The Hall–Kier alpha value is -0.0800. The van der Waals surface area contributed by atoms with Gasteiger partial charge in [0.2, 0.25) is 0 Å². The summed E-state index contributed by atoms with van der Waals surface area (Å²) < 4.78 is 0. The van der Waals surface area contributed by atoms with Gasteiger partial charge in [-0.05, 0) is 37.1 Å². The van der Waals surface area contributed by atoms with E-state index in [1.54, 1.807) is 0 Å². The monoisotopic (exact) mass is 212 g/mol. The van der Waals surface area contributed by atoms with Gasteiger partial charge in [-0.25, -0.2) is 0 Å². The predicted molar refractivity (Wildman–Crippen MR) is 66.9 cm³/mol. The van der Waals surface area contributed by atoms with Crippen LogP contribution in [0.3, 0.4) is 0 Å². The van der Waals surface area contributed by atoms with Crippen LogP contribution >= 0.6 is 0 Å². The second kappa shape index (κ2) is 5.31. The van der Waals surface area contributed by atoms with Crippen molar-refractivity contribution in [1.29, 1.82) is 0 Å². The SMILES string of the molecule is CCC1(CC)CCN(C(CN)C(C)C)C1. The largest absolute Gasteiger partial charge is 0.329 e. The predicted octanol–water partition coefficient (Wildman–Crippen LogP) is 2.48. The van der Waals surface area contributed by atoms with Gasteiger partial charge in [-0.1, -0.05) is 27.7 Å². The van der Waals surface area contributed by atoms with Crippen LogP contribution in [-0.4, -0.2) is 30.6 Å². The van der Waals surface area contributed by atoms with Crippen LogP contribution in [0.2, 0.25) is 0 Å². The van der Waals surface area contributed by atoms with Crippen molar-refractivity contribution in [3.05, 3.63) is 0 Å². The Morgan fingerprint density at radius 3 is 2.20 bits per heavy atom. The lowest BCUT2D eigenvalue weighted by atomic mass is 9.82. The normalized spacial score (nSPS) is 23.6. The fourth-order valence-corrected chi connectivity index (χ4v) is 2.92. The average molecular weight is 212 g/mol. The number of rotatable bonds is 5. The molecule has 1 rings (SSSR count). The lowest BCUT2D eigenvalue weighted by Crippen LogP contribution is -2.43. The second-order valence-electron chi connectivity index (χ2n) is 5.47. The number of hydrogen-bond donors (Lipinski definition) is 1. The topological polar surface area (TPSA) is 29.3 Å². The molecule has 1 unspecified atom stereocenters. The zero-order valence-electron chi connectivity index (χ0n) is 10.9. The summed E-state index contributed by atoms with van der Waals surface area (Å²) in [6.07, 6.45) is 3.99. The summed E-state index contributed by atoms with van der Waals surface area (Å²) in [5.41, 5.74) is 6.47. The van der Waals surface area contributed by atoms with Crippen molar-refractivity contribution in [3.8, 4) is 0 Å². The van der Waals surface area contributed by atoms with E-state index < -0.39 is 0 Å². The van der Waals surface area contributed by atoms with E-state index in [0.29, 0.717) is 17.4 Å². The Kier molecular flexibility index (Phi) is 4.60. The fraction of sp³-hybridized carbons (Fsp3) is 1.00. The minimum atomic E-state index is 0.586. The molecule has 1 atom stereocenters. The van der Waals surface area contributed by atoms with Gasteiger partial charge in [0.1, 0.15) is 0 Å². The summed E-state index contributed by atoms with van der Waals surface area (Å²) in [5, 5.41) is 0. The van der Waals surface area contributed by atoms with Gasteiger partial charge in [0.15, 0.2) is 0 Å². The highest BCUT2D eigenvalue weighted by atomic mass is 15.2. The van der Waals surface area contributed by atoms with Crippen molar-refractivity contribution in [2.75, 3.05) is 19.6 Å². The Morgan fingerprint density at radius 2 is 1.87 bits per heavy atom. The summed E-state index contributed by atoms with van der Waals surface area (Å²) >= 11 is 0. The Morgan fingerprint density at radius 1 is 1.27 bits per heavy atom. The van der Waals surface area contributed by atoms with Crippen LogP contribution in [-0.2, 0) is 0 Å². The first-order valence-electron chi connectivity index (χ1n) is 6.52. The van der Waals surface area contributed by atoms with Gasteiger partial charge in [0.25, 0.3) is 0 Å². The van der Waals surface area contributed by atoms with Gasteiger partial charge in [-0.2, -0.15) is 0 Å². The maximum Gasteiger partial charge on any atom is 0.0241 e. The molecule has 0 bridgehead atoms. The molecular formula is C13H28N2. The van der Waals surface area contributed by atoms with E-state index in [0.717, 1.165) is 6.54 Å². The Bertz CT molecular complexity index is 185. The van der Waals surface area contributed by atoms with E-state index in [1.165, 1.54) is 32.4 Å². The number of hydrogen-bond acceptors (Lipinski definition) is 2. The minimum absolute atomic E-state index is 0.586. The van der Waals surface area contributed by atoms with Crippen LogP contribution in [0.15, 0.2) is 0 Å². The van der Waals surface area contributed by atoms with Crippen molar-refractivity contribution >= 4 is 0 Å². The van der Waals surface area contributed by atoms with Crippen molar-refractivity contribution in [3.63, 3.8) is 0 Å². The van der Waals surface area contributed by atoms with Crippen LogP contribution < -0.4 is 5.73 Å². The van der Waals surface area contributed by atoms with Crippen molar-refractivity contribution in [2.45, 2.75) is 53.0 Å².